The highest BCUT2D eigenvalue weighted by molar-refractivity contribution is 7.84. The van der Waals surface area contributed by atoms with E-state index in [4.69, 9.17) is 0 Å². The number of benzene rings is 2. The van der Waals surface area contributed by atoms with Crippen LogP contribution in [-0.2, 0) is 22.6 Å². The minimum absolute atomic E-state index is 0.127. The Morgan fingerprint density at radius 2 is 1.94 bits per heavy atom. The van der Waals surface area contributed by atoms with Gasteiger partial charge in [-0.3, -0.25) is 13.7 Å². The van der Waals surface area contributed by atoms with Crippen LogP contribution in [0.4, 0.5) is 10.1 Å². The predicted octanol–water partition coefficient (Wildman–Crippen LogP) is 4.65. The van der Waals surface area contributed by atoms with Crippen molar-refractivity contribution < 1.29 is 13.4 Å². The number of hydrogen-bond donors (Lipinski definition) is 1. The summed E-state index contributed by atoms with van der Waals surface area (Å²) in [5, 5.41) is 6.89. The van der Waals surface area contributed by atoms with E-state index in [1.807, 2.05) is 37.3 Å². The molecule has 2 aromatic carbocycles. The van der Waals surface area contributed by atoms with E-state index in [2.05, 4.69) is 10.4 Å². The second-order valence-electron chi connectivity index (χ2n) is 7.50. The molecular formula is C24H22FN3O2S. The molecule has 1 heterocycles. The maximum Gasteiger partial charge on any atom is 0.228 e. The Balaban J connectivity index is 1.68. The van der Waals surface area contributed by atoms with Crippen molar-refractivity contribution >= 4 is 39.6 Å². The molecule has 1 aromatic heterocycles. The molecule has 0 fully saturated rings. The number of allylic oxidation sites excluding steroid dienone is 2. The van der Waals surface area contributed by atoms with Crippen LogP contribution in [0.25, 0.3) is 17.2 Å². The van der Waals surface area contributed by atoms with Gasteiger partial charge < -0.3 is 5.32 Å². The molecule has 1 aliphatic rings. The number of nitrogens with one attached hydrogen (secondary N) is 1. The molecule has 0 spiro atoms. The van der Waals surface area contributed by atoms with E-state index in [-0.39, 0.29) is 18.1 Å². The fourth-order valence-electron chi connectivity index (χ4n) is 3.76. The highest BCUT2D eigenvalue weighted by Crippen LogP contribution is 2.44. The zero-order valence-corrected chi connectivity index (χ0v) is 18.3. The molecule has 31 heavy (non-hydrogen) atoms. The highest BCUT2D eigenvalue weighted by atomic mass is 32.2. The van der Waals surface area contributed by atoms with Gasteiger partial charge in [0.05, 0.1) is 18.3 Å². The van der Waals surface area contributed by atoms with Crippen molar-refractivity contribution in [2.24, 2.45) is 7.05 Å². The fourth-order valence-corrected chi connectivity index (χ4v) is 4.27. The molecule has 0 saturated heterocycles. The van der Waals surface area contributed by atoms with Crippen LogP contribution in [0.2, 0.25) is 0 Å². The van der Waals surface area contributed by atoms with Crippen molar-refractivity contribution in [3.05, 3.63) is 82.9 Å². The van der Waals surface area contributed by atoms with Crippen molar-refractivity contribution in [2.45, 2.75) is 18.2 Å². The number of nitrogens with zero attached hydrogens (tertiary/aromatic N) is 2. The van der Waals surface area contributed by atoms with Crippen LogP contribution in [0.1, 0.15) is 30.0 Å². The monoisotopic (exact) mass is 435 g/mol. The quantitative estimate of drug-likeness (QED) is 0.634. The molecule has 3 aromatic rings. The van der Waals surface area contributed by atoms with E-state index in [9.17, 15) is 13.4 Å². The first-order chi connectivity index (χ1) is 14.8. The smallest absolute Gasteiger partial charge is 0.228 e. The molecule has 0 radical (unpaired) electrons. The molecule has 158 valence electrons. The predicted molar refractivity (Wildman–Crippen MR) is 122 cm³/mol. The first-order valence-corrected chi connectivity index (χ1v) is 11.3. The maximum absolute atomic E-state index is 14.0. The summed E-state index contributed by atoms with van der Waals surface area (Å²) in [6, 6.07) is 12.2. The third kappa shape index (κ3) is 4.41. The number of fused-ring (bicyclic) bond motifs is 1. The number of amides is 1. The third-order valence-corrected chi connectivity index (χ3v) is 6.24. The Kier molecular flexibility index (Phi) is 5.69. The van der Waals surface area contributed by atoms with Crippen molar-refractivity contribution in [3.8, 4) is 0 Å². The van der Waals surface area contributed by atoms with Crippen molar-refractivity contribution in [3.63, 3.8) is 0 Å². The van der Waals surface area contributed by atoms with E-state index >= 15 is 0 Å². The second-order valence-corrected chi connectivity index (χ2v) is 8.88. The minimum atomic E-state index is -1.04. The van der Waals surface area contributed by atoms with Crippen molar-refractivity contribution in [1.82, 2.24) is 9.78 Å². The van der Waals surface area contributed by atoms with Gasteiger partial charge in [-0.15, -0.1) is 0 Å². The average Bonchev–Trinajstić information content (AvgIpc) is 3.24. The van der Waals surface area contributed by atoms with Gasteiger partial charge in [0, 0.05) is 35.2 Å². The summed E-state index contributed by atoms with van der Waals surface area (Å²) in [4.78, 5) is 13.4. The first kappa shape index (κ1) is 20.9. The summed E-state index contributed by atoms with van der Waals surface area (Å²) in [6.45, 7) is 1.95. The van der Waals surface area contributed by atoms with Gasteiger partial charge in [-0.1, -0.05) is 18.2 Å². The topological polar surface area (TPSA) is 64.0 Å². The van der Waals surface area contributed by atoms with Crippen molar-refractivity contribution in [2.75, 3.05) is 11.6 Å². The number of halogens is 1. The lowest BCUT2D eigenvalue weighted by Gasteiger charge is -2.07. The number of hydrogen-bond acceptors (Lipinski definition) is 3. The van der Waals surface area contributed by atoms with Gasteiger partial charge in [0.2, 0.25) is 5.91 Å². The van der Waals surface area contributed by atoms with Gasteiger partial charge in [0.15, 0.2) is 0 Å². The Morgan fingerprint density at radius 3 is 2.58 bits per heavy atom. The number of aromatic nitrogens is 2. The minimum Gasteiger partial charge on any atom is -0.323 e. The zero-order valence-electron chi connectivity index (χ0n) is 17.5. The average molecular weight is 436 g/mol. The summed E-state index contributed by atoms with van der Waals surface area (Å²) in [7, 11) is 0.741. The standard InChI is InChI=1S/C24H22FN3O2S/c1-15-21(10-16-4-7-19(8-5-16)31(3)30)20-9-6-17(25)11-23(20)22(15)12-24(29)27-18-13-26-28(2)14-18/h4-11,13-14H,12H2,1-3H3,(H,27,29)/b21-10-/t31-/m1/s1. The van der Waals surface area contributed by atoms with E-state index in [0.717, 1.165) is 38.3 Å². The van der Waals surface area contributed by atoms with Gasteiger partial charge in [-0.05, 0) is 70.7 Å². The van der Waals surface area contributed by atoms with Crippen LogP contribution >= 0.6 is 0 Å². The van der Waals surface area contributed by atoms with Crippen LogP contribution in [0.3, 0.4) is 0 Å². The van der Waals surface area contributed by atoms with Gasteiger partial charge >= 0.3 is 0 Å². The Hall–Kier alpha value is -3.32. The van der Waals surface area contributed by atoms with Crippen LogP contribution in [-0.4, -0.2) is 26.2 Å². The van der Waals surface area contributed by atoms with Crippen LogP contribution in [0.15, 0.2) is 65.3 Å². The van der Waals surface area contributed by atoms with Crippen LogP contribution in [0, 0.1) is 5.82 Å². The summed E-state index contributed by atoms with van der Waals surface area (Å²) < 4.78 is 27.3. The van der Waals surface area contributed by atoms with Gasteiger partial charge in [-0.2, -0.15) is 5.10 Å². The fraction of sp³-hybridized carbons (Fsp3) is 0.167. The summed E-state index contributed by atoms with van der Waals surface area (Å²) in [5.41, 5.74) is 5.87. The lowest BCUT2D eigenvalue weighted by atomic mass is 10.0. The summed E-state index contributed by atoms with van der Waals surface area (Å²) in [5.74, 6) is -0.527. The molecule has 1 aliphatic carbocycles. The van der Waals surface area contributed by atoms with Crippen LogP contribution in [0.5, 0.6) is 0 Å². The van der Waals surface area contributed by atoms with E-state index < -0.39 is 10.8 Å². The molecule has 0 aliphatic heterocycles. The molecule has 1 atom stereocenters. The number of aryl methyl sites for hydroxylation is 1. The molecule has 0 unspecified atom stereocenters. The second kappa shape index (κ2) is 8.43. The lowest BCUT2D eigenvalue weighted by Crippen LogP contribution is -2.11. The Morgan fingerprint density at radius 1 is 1.19 bits per heavy atom. The number of carbonyl (C=O) groups is 1. The molecule has 5 nitrogen and oxygen atoms in total. The highest BCUT2D eigenvalue weighted by Gasteiger charge is 2.26. The van der Waals surface area contributed by atoms with Gasteiger partial charge in [0.1, 0.15) is 5.82 Å². The number of anilines is 1. The molecule has 4 rings (SSSR count). The van der Waals surface area contributed by atoms with Crippen LogP contribution < -0.4 is 5.32 Å². The van der Waals surface area contributed by atoms with E-state index in [1.165, 1.54) is 12.1 Å². The number of carbonyl (C=O) groups excluding carboxylic acids is 1. The summed E-state index contributed by atoms with van der Waals surface area (Å²) >= 11 is 0. The van der Waals surface area contributed by atoms with Gasteiger partial charge in [-0.25, -0.2) is 4.39 Å². The molecule has 0 saturated carbocycles. The molecule has 1 amide bonds. The Bertz CT molecular complexity index is 1260. The third-order valence-electron chi connectivity index (χ3n) is 5.30. The van der Waals surface area contributed by atoms with E-state index in [1.54, 1.807) is 36.4 Å². The van der Waals surface area contributed by atoms with Gasteiger partial charge in [0.25, 0.3) is 0 Å². The SMILES string of the molecule is CC1=C(CC(=O)Nc2cnn(C)c2)c2cc(F)ccc2/C1=C\c1ccc([S@@](C)=O)cc1. The lowest BCUT2D eigenvalue weighted by molar-refractivity contribution is -0.115. The largest absolute Gasteiger partial charge is 0.323 e. The normalized spacial score (nSPS) is 15.3. The maximum atomic E-state index is 14.0. The molecule has 1 N–H and O–H groups in total. The van der Waals surface area contributed by atoms with Crippen molar-refractivity contribution in [1.29, 1.82) is 0 Å². The Labute approximate surface area is 182 Å². The molecule has 0 bridgehead atoms. The van der Waals surface area contributed by atoms with E-state index in [0.29, 0.717) is 5.69 Å². The number of rotatable bonds is 5. The summed E-state index contributed by atoms with van der Waals surface area (Å²) in [6.07, 6.45) is 7.09. The first-order valence-electron chi connectivity index (χ1n) is 9.76. The molecular weight excluding hydrogens is 413 g/mol. The molecule has 7 heteroatoms. The zero-order chi connectivity index (χ0) is 22.1.